The van der Waals surface area contributed by atoms with Crippen LogP contribution in [0, 0.1) is 5.92 Å². The number of carboxylic acid groups (broad SMARTS) is 1. The molecule has 9 heteroatoms. The molecule has 0 fully saturated rings. The standard InChI is InChI=1S/C20H24F3NO4S/c21-20(22,23)17-9-6-15(7-10-17)12-13-29(27,28)24-18-11-8-16(14-18)4-2-1-3-5-19(25)26/h2,4,6-7,9-10,14,16,24H,1,3,5,8,11-13H2,(H,25,26). The average molecular weight is 431 g/mol. The van der Waals surface area contributed by atoms with Crippen molar-refractivity contribution in [1.82, 2.24) is 4.72 Å². The largest absolute Gasteiger partial charge is 0.481 e. The fraction of sp³-hybridized carbons (Fsp3) is 0.450. The zero-order valence-electron chi connectivity index (χ0n) is 15.8. The van der Waals surface area contributed by atoms with Gasteiger partial charge in [-0.1, -0.05) is 30.4 Å². The molecule has 2 rings (SSSR count). The molecule has 0 aliphatic heterocycles. The Labute approximate surface area is 168 Å². The summed E-state index contributed by atoms with van der Waals surface area (Å²) in [4.78, 5) is 10.4. The summed E-state index contributed by atoms with van der Waals surface area (Å²) in [5, 5.41) is 8.58. The predicted octanol–water partition coefficient (Wildman–Crippen LogP) is 4.27. The fourth-order valence-electron chi connectivity index (χ4n) is 2.99. The van der Waals surface area contributed by atoms with Gasteiger partial charge in [0.1, 0.15) is 0 Å². The zero-order valence-corrected chi connectivity index (χ0v) is 16.6. The molecule has 1 unspecified atom stereocenters. The van der Waals surface area contributed by atoms with Gasteiger partial charge >= 0.3 is 12.1 Å². The van der Waals surface area contributed by atoms with Crippen molar-refractivity contribution in [3.8, 4) is 0 Å². The highest BCUT2D eigenvalue weighted by Gasteiger charge is 2.30. The van der Waals surface area contributed by atoms with Gasteiger partial charge in [0.25, 0.3) is 0 Å². The number of rotatable bonds is 10. The van der Waals surface area contributed by atoms with Crippen LogP contribution >= 0.6 is 0 Å². The molecule has 29 heavy (non-hydrogen) atoms. The van der Waals surface area contributed by atoms with Crippen LogP contribution in [0.15, 0.2) is 48.2 Å². The van der Waals surface area contributed by atoms with Crippen molar-refractivity contribution in [1.29, 1.82) is 0 Å². The summed E-state index contributed by atoms with van der Waals surface area (Å²) in [5.74, 6) is -0.939. The number of aryl methyl sites for hydroxylation is 1. The highest BCUT2D eigenvalue weighted by Crippen LogP contribution is 2.29. The molecule has 160 valence electrons. The lowest BCUT2D eigenvalue weighted by Crippen LogP contribution is -2.26. The third kappa shape index (κ3) is 8.31. The summed E-state index contributed by atoms with van der Waals surface area (Å²) in [6.45, 7) is 0. The second-order valence-electron chi connectivity index (χ2n) is 6.97. The van der Waals surface area contributed by atoms with Crippen LogP contribution in [0.4, 0.5) is 13.2 Å². The third-order valence-corrected chi connectivity index (χ3v) is 5.85. The van der Waals surface area contributed by atoms with Gasteiger partial charge in [-0.2, -0.15) is 13.2 Å². The number of hydrogen-bond donors (Lipinski definition) is 2. The van der Waals surface area contributed by atoms with E-state index in [2.05, 4.69) is 4.72 Å². The molecule has 0 radical (unpaired) electrons. The summed E-state index contributed by atoms with van der Waals surface area (Å²) in [6.07, 6.45) is 4.10. The highest BCUT2D eigenvalue weighted by molar-refractivity contribution is 7.89. The maximum absolute atomic E-state index is 12.6. The first kappa shape index (κ1) is 23.0. The first-order valence-electron chi connectivity index (χ1n) is 9.31. The summed E-state index contributed by atoms with van der Waals surface area (Å²) >= 11 is 0. The van der Waals surface area contributed by atoms with Gasteiger partial charge < -0.3 is 5.11 Å². The molecule has 1 aliphatic carbocycles. The molecule has 0 amide bonds. The van der Waals surface area contributed by atoms with Crippen LogP contribution in [0.25, 0.3) is 0 Å². The van der Waals surface area contributed by atoms with Crippen LogP contribution in [-0.4, -0.2) is 25.2 Å². The molecular weight excluding hydrogens is 407 g/mol. The van der Waals surface area contributed by atoms with E-state index in [9.17, 15) is 26.4 Å². The first-order valence-corrected chi connectivity index (χ1v) is 11.0. The van der Waals surface area contributed by atoms with Crippen LogP contribution in [0.3, 0.4) is 0 Å². The van der Waals surface area contributed by atoms with Gasteiger partial charge in [0.15, 0.2) is 0 Å². The quantitative estimate of drug-likeness (QED) is 0.428. The van der Waals surface area contributed by atoms with Crippen molar-refractivity contribution in [3.05, 3.63) is 59.3 Å². The van der Waals surface area contributed by atoms with E-state index in [1.165, 1.54) is 12.1 Å². The van der Waals surface area contributed by atoms with E-state index >= 15 is 0 Å². The number of halogens is 3. The summed E-state index contributed by atoms with van der Waals surface area (Å²) in [6, 6.07) is 4.47. The zero-order chi connectivity index (χ0) is 21.5. The number of carboxylic acids is 1. The Morgan fingerprint density at radius 2 is 1.93 bits per heavy atom. The number of unbranched alkanes of at least 4 members (excludes halogenated alkanes) is 1. The van der Waals surface area contributed by atoms with Crippen molar-refractivity contribution in [2.75, 3.05) is 5.75 Å². The van der Waals surface area contributed by atoms with E-state index in [0.717, 1.165) is 18.6 Å². The number of alkyl halides is 3. The molecule has 0 bridgehead atoms. The van der Waals surface area contributed by atoms with E-state index in [4.69, 9.17) is 5.11 Å². The van der Waals surface area contributed by atoms with Gasteiger partial charge in [0.2, 0.25) is 10.0 Å². The summed E-state index contributed by atoms with van der Waals surface area (Å²) < 4.78 is 64.7. The normalized spacial score (nSPS) is 17.5. The van der Waals surface area contributed by atoms with Gasteiger partial charge in [-0.3, -0.25) is 9.52 Å². The average Bonchev–Trinajstić information content (AvgIpc) is 3.05. The number of allylic oxidation sites excluding steroid dienone is 4. The predicted molar refractivity (Wildman–Crippen MR) is 104 cm³/mol. The molecule has 2 N–H and O–H groups in total. The lowest BCUT2D eigenvalue weighted by Gasteiger charge is -2.10. The number of benzene rings is 1. The fourth-order valence-corrected chi connectivity index (χ4v) is 4.17. The van der Waals surface area contributed by atoms with E-state index in [1.807, 2.05) is 18.2 Å². The van der Waals surface area contributed by atoms with Crippen LogP contribution in [0.2, 0.25) is 0 Å². The minimum atomic E-state index is -4.41. The Morgan fingerprint density at radius 3 is 2.55 bits per heavy atom. The minimum Gasteiger partial charge on any atom is -0.481 e. The Balaban J connectivity index is 1.81. The second kappa shape index (κ2) is 9.96. The van der Waals surface area contributed by atoms with Gasteiger partial charge in [-0.25, -0.2) is 8.42 Å². The number of nitrogens with one attached hydrogen (secondary N) is 1. The molecule has 0 saturated carbocycles. The maximum Gasteiger partial charge on any atom is 0.416 e. The lowest BCUT2D eigenvalue weighted by atomic mass is 10.1. The van der Waals surface area contributed by atoms with Crippen LogP contribution < -0.4 is 4.72 Å². The first-order chi connectivity index (χ1) is 13.5. The molecule has 1 aromatic rings. The Bertz CT molecular complexity index is 859. The monoisotopic (exact) mass is 431 g/mol. The van der Waals surface area contributed by atoms with Gasteiger partial charge in [0, 0.05) is 12.1 Å². The van der Waals surface area contributed by atoms with Gasteiger partial charge in [-0.15, -0.1) is 0 Å². The third-order valence-electron chi connectivity index (χ3n) is 4.53. The maximum atomic E-state index is 12.6. The number of aliphatic carboxylic acids is 1. The SMILES string of the molecule is O=C(O)CCCC=CC1C=C(NS(=O)(=O)CCc2ccc(C(F)(F)F)cc2)CC1. The molecular formula is C20H24F3NO4S. The van der Waals surface area contributed by atoms with Crippen molar-refractivity contribution >= 4 is 16.0 Å². The van der Waals surface area contributed by atoms with E-state index < -0.39 is 27.7 Å². The van der Waals surface area contributed by atoms with E-state index in [-0.39, 0.29) is 24.5 Å². The van der Waals surface area contributed by atoms with Crippen LogP contribution in [-0.2, 0) is 27.4 Å². The molecule has 1 atom stereocenters. The second-order valence-corrected chi connectivity index (χ2v) is 8.82. The Morgan fingerprint density at radius 1 is 1.24 bits per heavy atom. The van der Waals surface area contributed by atoms with Crippen molar-refractivity contribution in [3.63, 3.8) is 0 Å². The molecule has 0 aromatic heterocycles. The molecule has 1 aliphatic rings. The number of sulfonamides is 1. The topological polar surface area (TPSA) is 83.5 Å². The number of carbonyl (C=O) groups is 1. The Hall–Kier alpha value is -2.29. The smallest absolute Gasteiger partial charge is 0.416 e. The molecule has 1 aromatic carbocycles. The molecule has 0 heterocycles. The molecule has 5 nitrogen and oxygen atoms in total. The van der Waals surface area contributed by atoms with Gasteiger partial charge in [0.05, 0.1) is 11.3 Å². The Kier molecular flexibility index (Phi) is 7.89. The van der Waals surface area contributed by atoms with Crippen LogP contribution in [0.5, 0.6) is 0 Å². The highest BCUT2D eigenvalue weighted by atomic mass is 32.2. The molecule has 0 spiro atoms. The van der Waals surface area contributed by atoms with Gasteiger partial charge in [-0.05, 0) is 55.7 Å². The van der Waals surface area contributed by atoms with Crippen molar-refractivity contribution in [2.24, 2.45) is 5.92 Å². The van der Waals surface area contributed by atoms with Crippen molar-refractivity contribution < 1.29 is 31.5 Å². The van der Waals surface area contributed by atoms with Crippen molar-refractivity contribution in [2.45, 2.75) is 44.7 Å². The summed E-state index contributed by atoms with van der Waals surface area (Å²) in [5.41, 5.74) is 0.365. The van der Waals surface area contributed by atoms with E-state index in [1.54, 1.807) is 0 Å². The lowest BCUT2D eigenvalue weighted by molar-refractivity contribution is -0.138. The minimum absolute atomic E-state index is 0.104. The van der Waals surface area contributed by atoms with E-state index in [0.29, 0.717) is 30.5 Å². The van der Waals surface area contributed by atoms with Crippen LogP contribution in [0.1, 0.15) is 43.2 Å². The molecule has 0 saturated heterocycles. The summed E-state index contributed by atoms with van der Waals surface area (Å²) in [7, 11) is -3.59. The number of hydrogen-bond acceptors (Lipinski definition) is 3.